The molecule has 0 spiro atoms. The zero-order chi connectivity index (χ0) is 42.7. The van der Waals surface area contributed by atoms with Crippen LogP contribution < -0.4 is 29.8 Å². The second kappa shape index (κ2) is 21.7. The Labute approximate surface area is 342 Å². The Hall–Kier alpha value is -8.54. The highest BCUT2D eigenvalue weighted by atomic mass is 16.6. The van der Waals surface area contributed by atoms with E-state index < -0.39 is 9.85 Å². The number of ether oxygens (including phenoxy) is 4. The SMILES string of the molecule is COc1cccc(/C=N/NC(=O)c2ccncc2)c1OCc1ccccc1[N+](=O)[O-].COc1cccc(/C=N/NC(=O)c2ccncc2)c1OCc1ccccc1[N+](=O)[O-]. The molecule has 2 amide bonds. The minimum atomic E-state index is -0.460. The van der Waals surface area contributed by atoms with Gasteiger partial charge >= 0.3 is 0 Å². The summed E-state index contributed by atoms with van der Waals surface area (Å²) in [5, 5.41) is 30.3. The molecule has 304 valence electrons. The van der Waals surface area contributed by atoms with Crippen LogP contribution >= 0.6 is 0 Å². The van der Waals surface area contributed by atoms with Crippen LogP contribution in [0.3, 0.4) is 0 Å². The van der Waals surface area contributed by atoms with E-state index in [-0.39, 0.29) is 36.4 Å². The minimum absolute atomic E-state index is 0.0350. The van der Waals surface area contributed by atoms with Crippen molar-refractivity contribution in [3.05, 3.63) is 188 Å². The molecule has 6 rings (SSSR count). The van der Waals surface area contributed by atoms with Gasteiger partial charge in [0.1, 0.15) is 13.2 Å². The maximum Gasteiger partial charge on any atom is 0.276 e. The van der Waals surface area contributed by atoms with E-state index in [9.17, 15) is 29.8 Å². The van der Waals surface area contributed by atoms with Crippen molar-refractivity contribution in [2.24, 2.45) is 10.2 Å². The van der Waals surface area contributed by atoms with Gasteiger partial charge in [0, 0.05) is 59.2 Å². The van der Waals surface area contributed by atoms with Crippen LogP contribution in [0.4, 0.5) is 11.4 Å². The number of aromatic nitrogens is 2. The molecule has 0 aliphatic carbocycles. The van der Waals surface area contributed by atoms with Crippen LogP contribution in [0.15, 0.2) is 144 Å². The van der Waals surface area contributed by atoms with Crippen molar-refractivity contribution in [1.29, 1.82) is 0 Å². The molecule has 2 heterocycles. The minimum Gasteiger partial charge on any atom is -0.493 e. The van der Waals surface area contributed by atoms with Crippen LogP contribution in [0.1, 0.15) is 43.0 Å². The molecule has 18 nitrogen and oxygen atoms in total. The summed E-state index contributed by atoms with van der Waals surface area (Å²) < 4.78 is 22.3. The van der Waals surface area contributed by atoms with Crippen LogP contribution in [0.2, 0.25) is 0 Å². The van der Waals surface area contributed by atoms with Gasteiger partial charge in [0.15, 0.2) is 23.0 Å². The summed E-state index contributed by atoms with van der Waals surface area (Å²) in [6.07, 6.45) is 8.86. The maximum atomic E-state index is 12.1. The Kier molecular flexibility index (Phi) is 15.4. The molecule has 0 saturated heterocycles. The summed E-state index contributed by atoms with van der Waals surface area (Å²) in [4.78, 5) is 53.4. The molecule has 18 heteroatoms. The van der Waals surface area contributed by atoms with Gasteiger partial charge in [-0.05, 0) is 60.7 Å². The van der Waals surface area contributed by atoms with Crippen LogP contribution in [-0.4, -0.2) is 58.3 Å². The molecule has 0 aliphatic heterocycles. The fourth-order valence-corrected chi connectivity index (χ4v) is 5.28. The average molecular weight is 813 g/mol. The molecule has 2 aromatic heterocycles. The average Bonchev–Trinajstić information content (AvgIpc) is 3.28. The predicted molar refractivity (Wildman–Crippen MR) is 219 cm³/mol. The molecule has 0 atom stereocenters. The highest BCUT2D eigenvalue weighted by Crippen LogP contribution is 2.33. The van der Waals surface area contributed by atoms with Gasteiger partial charge in [-0.1, -0.05) is 36.4 Å². The van der Waals surface area contributed by atoms with Gasteiger partial charge in [-0.25, -0.2) is 10.9 Å². The van der Waals surface area contributed by atoms with Gasteiger partial charge in [0.2, 0.25) is 0 Å². The highest BCUT2D eigenvalue weighted by molar-refractivity contribution is 5.95. The molecular weight excluding hydrogens is 777 g/mol. The van der Waals surface area contributed by atoms with E-state index in [0.717, 1.165) is 0 Å². The van der Waals surface area contributed by atoms with Gasteiger partial charge < -0.3 is 18.9 Å². The number of methoxy groups -OCH3 is 2. The van der Waals surface area contributed by atoms with E-state index in [4.69, 9.17) is 18.9 Å². The van der Waals surface area contributed by atoms with E-state index in [1.807, 2.05) is 0 Å². The summed E-state index contributed by atoms with van der Waals surface area (Å²) in [5.74, 6) is 0.772. The van der Waals surface area contributed by atoms with Gasteiger partial charge in [0.05, 0.1) is 47.6 Å². The molecule has 60 heavy (non-hydrogen) atoms. The summed E-state index contributed by atoms with van der Waals surface area (Å²) in [6.45, 7) is -0.0799. The monoisotopic (exact) mass is 812 g/mol. The van der Waals surface area contributed by atoms with Gasteiger partial charge in [0.25, 0.3) is 23.2 Å². The zero-order valence-corrected chi connectivity index (χ0v) is 32.0. The maximum absolute atomic E-state index is 12.1. The quantitative estimate of drug-likeness (QED) is 0.0592. The Morgan fingerprint density at radius 2 is 0.967 bits per heavy atom. The number of nitro benzene ring substituents is 2. The Balaban J connectivity index is 0.000000228. The molecule has 4 aromatic carbocycles. The number of nitrogens with one attached hydrogen (secondary N) is 2. The first-order valence-electron chi connectivity index (χ1n) is 17.7. The molecule has 0 saturated carbocycles. The van der Waals surface area contributed by atoms with Crippen molar-refractivity contribution < 1.29 is 38.4 Å². The smallest absolute Gasteiger partial charge is 0.276 e. The second-order valence-electron chi connectivity index (χ2n) is 12.0. The third kappa shape index (κ3) is 11.7. The number of hydrogen-bond acceptors (Lipinski definition) is 14. The first kappa shape index (κ1) is 42.6. The first-order valence-corrected chi connectivity index (χ1v) is 17.7. The molecule has 0 unspecified atom stereocenters. The molecule has 6 aromatic rings. The molecule has 0 bridgehead atoms. The van der Waals surface area contributed by atoms with Gasteiger partial charge in [-0.15, -0.1) is 0 Å². The van der Waals surface area contributed by atoms with Crippen LogP contribution in [0.25, 0.3) is 0 Å². The van der Waals surface area contributed by atoms with E-state index >= 15 is 0 Å². The lowest BCUT2D eigenvalue weighted by atomic mass is 10.2. The van der Waals surface area contributed by atoms with Crippen molar-refractivity contribution in [3.8, 4) is 23.0 Å². The second-order valence-corrected chi connectivity index (χ2v) is 12.0. The largest absolute Gasteiger partial charge is 0.493 e. The standard InChI is InChI=1S/2C21H18N4O5/c2*1-29-19-8-4-6-16(13-23-24-21(26)15-9-11-22-12-10-15)20(19)30-14-17-5-2-3-7-18(17)25(27)28/h2*2-13H,14H2,1H3,(H,24,26)/b2*23-13+. The Morgan fingerprint density at radius 1 is 0.583 bits per heavy atom. The topological polar surface area (TPSA) is 232 Å². The number of carbonyl (C=O) groups excluding carboxylic acids is 2. The molecule has 0 radical (unpaired) electrons. The highest BCUT2D eigenvalue weighted by Gasteiger charge is 2.17. The number of benzene rings is 4. The van der Waals surface area contributed by atoms with Gasteiger partial charge in [-0.3, -0.25) is 39.8 Å². The fourth-order valence-electron chi connectivity index (χ4n) is 5.28. The van der Waals surface area contributed by atoms with Crippen LogP contribution in [-0.2, 0) is 13.2 Å². The van der Waals surface area contributed by atoms with Crippen molar-refractivity contribution >= 4 is 35.6 Å². The number of rotatable bonds is 16. The van der Waals surface area contributed by atoms with Crippen LogP contribution in [0, 0.1) is 20.2 Å². The predicted octanol–water partition coefficient (Wildman–Crippen LogP) is 6.68. The number of carbonyl (C=O) groups is 2. The van der Waals surface area contributed by atoms with E-state index in [1.54, 1.807) is 97.1 Å². The first-order chi connectivity index (χ1) is 29.2. The zero-order valence-electron chi connectivity index (χ0n) is 32.0. The lowest BCUT2D eigenvalue weighted by molar-refractivity contribution is -0.386. The number of pyridine rings is 2. The third-order valence-electron chi connectivity index (χ3n) is 8.20. The van der Waals surface area contributed by atoms with Gasteiger partial charge in [-0.2, -0.15) is 10.2 Å². The number of para-hydroxylation sites is 4. The van der Waals surface area contributed by atoms with Crippen molar-refractivity contribution in [2.75, 3.05) is 14.2 Å². The third-order valence-corrected chi connectivity index (χ3v) is 8.20. The number of amides is 2. The van der Waals surface area contributed by atoms with E-state index in [2.05, 4.69) is 31.0 Å². The van der Waals surface area contributed by atoms with Crippen molar-refractivity contribution in [3.63, 3.8) is 0 Å². The number of nitro groups is 2. The summed E-state index contributed by atoms with van der Waals surface area (Å²) in [5.41, 5.74) is 7.52. The van der Waals surface area contributed by atoms with E-state index in [0.29, 0.717) is 56.4 Å². The number of hydrazone groups is 2. The molecule has 0 aliphatic rings. The van der Waals surface area contributed by atoms with Crippen molar-refractivity contribution in [1.82, 2.24) is 20.8 Å². The Morgan fingerprint density at radius 3 is 1.33 bits per heavy atom. The molecule has 0 fully saturated rings. The van der Waals surface area contributed by atoms with Crippen molar-refractivity contribution in [2.45, 2.75) is 13.2 Å². The molecule has 2 N–H and O–H groups in total. The lowest BCUT2D eigenvalue weighted by Gasteiger charge is -2.13. The lowest BCUT2D eigenvalue weighted by Crippen LogP contribution is -2.17. The normalized spacial score (nSPS) is 10.6. The van der Waals surface area contributed by atoms with E-state index in [1.165, 1.54) is 63.6 Å². The Bertz CT molecular complexity index is 2310. The molecular formula is C42H36N8O10. The fraction of sp³-hybridized carbons (Fsp3) is 0.0952. The number of hydrogen-bond donors (Lipinski definition) is 2. The summed E-state index contributed by atoms with van der Waals surface area (Å²) in [6, 6.07) is 29.2. The number of nitrogens with zero attached hydrogens (tertiary/aromatic N) is 6. The summed E-state index contributed by atoms with van der Waals surface area (Å²) in [7, 11) is 2.97. The van der Waals surface area contributed by atoms with Crippen LogP contribution in [0.5, 0.6) is 23.0 Å². The summed E-state index contributed by atoms with van der Waals surface area (Å²) >= 11 is 0.